The molecule has 0 saturated carbocycles. The third-order valence-corrected chi connectivity index (χ3v) is 2.28. The molecule has 2 aromatic rings. The quantitative estimate of drug-likeness (QED) is 0.828. The normalized spacial score (nSPS) is 9.44. The molecule has 0 bridgehead atoms. The van der Waals surface area contributed by atoms with E-state index in [4.69, 9.17) is 10.4 Å². The van der Waals surface area contributed by atoms with Crippen molar-refractivity contribution in [1.82, 2.24) is 0 Å². The number of hydrogen-bond donors (Lipinski definition) is 1. The summed E-state index contributed by atoms with van der Waals surface area (Å²) in [5, 5.41) is 18.5. The van der Waals surface area contributed by atoms with E-state index in [-0.39, 0.29) is 5.92 Å². The van der Waals surface area contributed by atoms with Gasteiger partial charge in [0.1, 0.15) is 0 Å². The topological polar surface area (TPSA) is 61.1 Å². The number of carboxylic acids is 1. The minimum absolute atomic E-state index is 0.190. The van der Waals surface area contributed by atoms with Crippen LogP contribution in [0.4, 0.5) is 0 Å². The van der Waals surface area contributed by atoms with Crippen LogP contribution in [0.3, 0.4) is 0 Å². The van der Waals surface area contributed by atoms with Crippen molar-refractivity contribution in [1.29, 1.82) is 5.26 Å². The van der Waals surface area contributed by atoms with Gasteiger partial charge >= 0.3 is 5.97 Å². The highest BCUT2D eigenvalue weighted by molar-refractivity contribution is 6.03. The number of rotatable bonds is 1. The Hall–Kier alpha value is -2.34. The van der Waals surface area contributed by atoms with Gasteiger partial charge in [-0.15, -0.1) is 0 Å². The summed E-state index contributed by atoms with van der Waals surface area (Å²) < 4.78 is 0. The van der Waals surface area contributed by atoms with Crippen LogP contribution in [0.1, 0.15) is 24.2 Å². The molecule has 0 spiro atoms. The average Bonchev–Trinajstić information content (AvgIpc) is 2.38. The van der Waals surface area contributed by atoms with Gasteiger partial charge in [-0.05, 0) is 30.7 Å². The molecular weight excluding hydrogens is 226 g/mol. The Morgan fingerprint density at radius 1 is 1.17 bits per heavy atom. The van der Waals surface area contributed by atoms with Gasteiger partial charge in [0, 0.05) is 5.92 Å². The van der Waals surface area contributed by atoms with Gasteiger partial charge in [0.15, 0.2) is 0 Å². The molecule has 3 nitrogen and oxygen atoms in total. The third-order valence-electron chi connectivity index (χ3n) is 2.28. The zero-order valence-corrected chi connectivity index (χ0v) is 10.4. The summed E-state index contributed by atoms with van der Waals surface area (Å²) in [5.41, 5.74) is 0.359. The van der Waals surface area contributed by atoms with Gasteiger partial charge in [0.2, 0.25) is 0 Å². The Morgan fingerprint density at radius 2 is 1.72 bits per heavy atom. The lowest BCUT2D eigenvalue weighted by atomic mass is 10.1. The van der Waals surface area contributed by atoms with E-state index in [2.05, 4.69) is 0 Å². The summed E-state index contributed by atoms with van der Waals surface area (Å²) in [6.45, 7) is 3.72. The largest absolute Gasteiger partial charge is 0.478 e. The lowest BCUT2D eigenvalue weighted by molar-refractivity contribution is 0.0699. The zero-order valence-electron chi connectivity index (χ0n) is 10.4. The summed E-state index contributed by atoms with van der Waals surface area (Å²) in [4.78, 5) is 10.8. The number of carboxylic acid groups (broad SMARTS) is 1. The van der Waals surface area contributed by atoms with Crippen LogP contribution in [0.15, 0.2) is 42.5 Å². The molecule has 0 radical (unpaired) electrons. The lowest BCUT2D eigenvalue weighted by Gasteiger charge is -2.00. The van der Waals surface area contributed by atoms with E-state index in [1.54, 1.807) is 12.1 Å². The molecule has 92 valence electrons. The second-order valence-electron chi connectivity index (χ2n) is 4.12. The molecule has 0 aliphatic heterocycles. The van der Waals surface area contributed by atoms with Crippen molar-refractivity contribution >= 4 is 16.7 Å². The summed E-state index contributed by atoms with van der Waals surface area (Å²) in [5.74, 6) is -0.688. The molecule has 0 heterocycles. The highest BCUT2D eigenvalue weighted by Gasteiger charge is 2.05. The summed E-state index contributed by atoms with van der Waals surface area (Å²) >= 11 is 0. The number of aromatic carboxylic acids is 1. The first-order chi connectivity index (χ1) is 8.56. The first kappa shape index (κ1) is 13.7. The smallest absolute Gasteiger partial charge is 0.336 e. The van der Waals surface area contributed by atoms with Crippen molar-refractivity contribution < 1.29 is 9.90 Å². The maximum atomic E-state index is 10.8. The molecule has 0 aliphatic carbocycles. The van der Waals surface area contributed by atoms with Crippen LogP contribution in [-0.2, 0) is 0 Å². The molecule has 0 fully saturated rings. The molecule has 2 rings (SSSR count). The number of fused-ring (bicyclic) bond motifs is 1. The lowest BCUT2D eigenvalue weighted by Crippen LogP contribution is -1.96. The fraction of sp³-hybridized carbons (Fsp3) is 0.200. The Morgan fingerprint density at radius 3 is 2.28 bits per heavy atom. The molecule has 0 aromatic heterocycles. The first-order valence-corrected chi connectivity index (χ1v) is 5.67. The maximum Gasteiger partial charge on any atom is 0.336 e. The molecule has 18 heavy (non-hydrogen) atoms. The van der Waals surface area contributed by atoms with Gasteiger partial charge in [-0.3, -0.25) is 0 Å². The molecule has 0 aliphatic rings. The second kappa shape index (κ2) is 6.41. The van der Waals surface area contributed by atoms with E-state index >= 15 is 0 Å². The van der Waals surface area contributed by atoms with Crippen LogP contribution in [0.25, 0.3) is 10.8 Å². The number of nitrogens with zero attached hydrogens (tertiary/aromatic N) is 1. The third kappa shape index (κ3) is 3.60. The molecule has 0 unspecified atom stereocenters. The van der Waals surface area contributed by atoms with Gasteiger partial charge < -0.3 is 5.11 Å². The summed E-state index contributed by atoms with van der Waals surface area (Å²) in [6, 6.07) is 14.8. The monoisotopic (exact) mass is 241 g/mol. The Kier molecular flexibility index (Phi) is 4.89. The standard InChI is InChI=1S/C11H8O2.C4H7N/c12-11(13)10-7-3-5-8-4-1-2-6-9(8)10;1-4(2)3-5/h1-7H,(H,12,13);4H,1-2H3. The van der Waals surface area contributed by atoms with Crippen LogP contribution < -0.4 is 0 Å². The second-order valence-corrected chi connectivity index (χ2v) is 4.12. The molecule has 0 saturated heterocycles. The van der Waals surface area contributed by atoms with Crippen LogP contribution in [0.5, 0.6) is 0 Å². The summed E-state index contributed by atoms with van der Waals surface area (Å²) in [7, 11) is 0. The predicted molar refractivity (Wildman–Crippen MR) is 71.4 cm³/mol. The van der Waals surface area contributed by atoms with Crippen molar-refractivity contribution in [2.75, 3.05) is 0 Å². The SMILES string of the molecule is CC(C)C#N.O=C(O)c1cccc2ccccc12. The molecule has 0 atom stereocenters. The van der Waals surface area contributed by atoms with Gasteiger partial charge in [-0.25, -0.2) is 4.79 Å². The van der Waals surface area contributed by atoms with Gasteiger partial charge in [0.25, 0.3) is 0 Å². The molecule has 1 N–H and O–H groups in total. The molecule has 0 amide bonds. The van der Waals surface area contributed by atoms with E-state index in [0.717, 1.165) is 10.8 Å². The van der Waals surface area contributed by atoms with Crippen molar-refractivity contribution in [3.63, 3.8) is 0 Å². The van der Waals surface area contributed by atoms with E-state index in [9.17, 15) is 4.79 Å². The number of nitriles is 1. The Bertz CT molecular complexity index is 577. The Balaban J connectivity index is 0.000000280. The van der Waals surface area contributed by atoms with Crippen LogP contribution >= 0.6 is 0 Å². The van der Waals surface area contributed by atoms with E-state index < -0.39 is 5.97 Å². The molecule has 3 heteroatoms. The fourth-order valence-corrected chi connectivity index (χ4v) is 1.41. The van der Waals surface area contributed by atoms with Crippen molar-refractivity contribution in [3.05, 3.63) is 48.0 Å². The van der Waals surface area contributed by atoms with E-state index in [1.165, 1.54) is 0 Å². The van der Waals surface area contributed by atoms with Crippen LogP contribution in [-0.4, -0.2) is 11.1 Å². The Labute approximate surface area is 106 Å². The van der Waals surface area contributed by atoms with E-state index in [0.29, 0.717) is 5.56 Å². The summed E-state index contributed by atoms with van der Waals surface area (Å²) in [6.07, 6.45) is 0. The molecular formula is C15H15NO2. The van der Waals surface area contributed by atoms with Crippen molar-refractivity contribution in [3.8, 4) is 6.07 Å². The van der Waals surface area contributed by atoms with Gasteiger partial charge in [-0.1, -0.05) is 36.4 Å². The van der Waals surface area contributed by atoms with Crippen LogP contribution in [0.2, 0.25) is 0 Å². The number of hydrogen-bond acceptors (Lipinski definition) is 2. The highest BCUT2D eigenvalue weighted by atomic mass is 16.4. The van der Waals surface area contributed by atoms with Crippen LogP contribution in [0, 0.1) is 17.2 Å². The minimum atomic E-state index is -0.878. The van der Waals surface area contributed by atoms with E-state index in [1.807, 2.05) is 50.2 Å². The van der Waals surface area contributed by atoms with Crippen molar-refractivity contribution in [2.24, 2.45) is 5.92 Å². The average molecular weight is 241 g/mol. The first-order valence-electron chi connectivity index (χ1n) is 5.67. The van der Waals surface area contributed by atoms with Crippen molar-refractivity contribution in [2.45, 2.75) is 13.8 Å². The number of carbonyl (C=O) groups is 1. The van der Waals surface area contributed by atoms with Gasteiger partial charge in [-0.2, -0.15) is 5.26 Å². The molecule has 2 aromatic carbocycles. The number of benzene rings is 2. The highest BCUT2D eigenvalue weighted by Crippen LogP contribution is 2.17. The maximum absolute atomic E-state index is 10.8. The zero-order chi connectivity index (χ0) is 13.5. The predicted octanol–water partition coefficient (Wildman–Crippen LogP) is 3.70. The van der Waals surface area contributed by atoms with Gasteiger partial charge in [0.05, 0.1) is 11.6 Å². The fourth-order valence-electron chi connectivity index (χ4n) is 1.41. The minimum Gasteiger partial charge on any atom is -0.478 e.